The number of piperazine rings is 1. The number of hydrogen-bond acceptors (Lipinski definition) is 5. The van der Waals surface area contributed by atoms with Gasteiger partial charge in [0.15, 0.2) is 0 Å². The summed E-state index contributed by atoms with van der Waals surface area (Å²) < 4.78 is 19.1. The summed E-state index contributed by atoms with van der Waals surface area (Å²) in [5, 5.41) is 0. The van der Waals surface area contributed by atoms with Gasteiger partial charge in [0.25, 0.3) is 0 Å². The molecule has 1 saturated heterocycles. The summed E-state index contributed by atoms with van der Waals surface area (Å²) >= 11 is 0. The van der Waals surface area contributed by atoms with Crippen LogP contribution in [0.4, 0.5) is 10.2 Å². The van der Waals surface area contributed by atoms with Gasteiger partial charge in [-0.15, -0.1) is 0 Å². The first-order valence-corrected chi connectivity index (χ1v) is 10.9. The number of aromatic nitrogens is 2. The maximum atomic E-state index is 13.3. The summed E-state index contributed by atoms with van der Waals surface area (Å²) in [5.41, 5.74) is 0.708. The number of hydrogen-bond donors (Lipinski definition) is 0. The Bertz CT molecular complexity index is 877. The zero-order valence-electron chi connectivity index (χ0n) is 17.5. The van der Waals surface area contributed by atoms with Crippen LogP contribution in [0.15, 0.2) is 30.6 Å². The molecule has 30 heavy (non-hydrogen) atoms. The average molecular weight is 413 g/mol. The number of aryl methyl sites for hydroxylation is 1. The predicted molar refractivity (Wildman–Crippen MR) is 113 cm³/mol. The molecule has 0 atom stereocenters. The fourth-order valence-corrected chi connectivity index (χ4v) is 4.37. The van der Waals surface area contributed by atoms with Crippen LogP contribution in [0.25, 0.3) is 0 Å². The van der Waals surface area contributed by atoms with E-state index in [4.69, 9.17) is 4.74 Å². The minimum atomic E-state index is -0.293. The number of anilines is 1. The summed E-state index contributed by atoms with van der Waals surface area (Å²) in [6.45, 7) is 4.69. The van der Waals surface area contributed by atoms with Crippen molar-refractivity contribution in [2.24, 2.45) is 5.92 Å². The van der Waals surface area contributed by atoms with Crippen LogP contribution in [0, 0.1) is 18.7 Å². The highest BCUT2D eigenvalue weighted by Crippen LogP contribution is 2.29. The lowest BCUT2D eigenvalue weighted by atomic mass is 10.0. The van der Waals surface area contributed by atoms with E-state index in [1.807, 2.05) is 4.90 Å². The largest absolute Gasteiger partial charge is 0.439 e. The van der Waals surface area contributed by atoms with Gasteiger partial charge in [-0.2, -0.15) is 0 Å². The van der Waals surface area contributed by atoms with Crippen LogP contribution in [0.2, 0.25) is 0 Å². The smallest absolute Gasteiger partial charge is 0.224 e. The maximum absolute atomic E-state index is 13.3. The summed E-state index contributed by atoms with van der Waals surface area (Å²) in [4.78, 5) is 25.2. The normalized spacial score (nSPS) is 17.4. The van der Waals surface area contributed by atoms with Crippen LogP contribution in [-0.2, 0) is 4.79 Å². The third-order valence-corrected chi connectivity index (χ3v) is 6.18. The highest BCUT2D eigenvalue weighted by Gasteiger charge is 2.24. The van der Waals surface area contributed by atoms with Crippen LogP contribution < -0.4 is 9.64 Å². The number of nitrogens with zero attached hydrogens (tertiary/aromatic N) is 4. The summed E-state index contributed by atoms with van der Waals surface area (Å²) in [5.74, 6) is 2.50. The average Bonchev–Trinajstić information content (AvgIpc) is 3.28. The SMILES string of the molecule is Cc1cc(F)ccc1Oc1cc(N2CCN(C(=O)CCC3CCCC3)CC2)ncn1. The molecule has 0 radical (unpaired) electrons. The van der Waals surface area contributed by atoms with E-state index in [9.17, 15) is 9.18 Å². The van der Waals surface area contributed by atoms with Gasteiger partial charge in [0.1, 0.15) is 23.7 Å². The Morgan fingerprint density at radius 1 is 1.13 bits per heavy atom. The van der Waals surface area contributed by atoms with Crippen molar-refractivity contribution in [1.82, 2.24) is 14.9 Å². The molecule has 0 N–H and O–H groups in total. The van der Waals surface area contributed by atoms with E-state index in [2.05, 4.69) is 14.9 Å². The van der Waals surface area contributed by atoms with Crippen LogP contribution >= 0.6 is 0 Å². The van der Waals surface area contributed by atoms with E-state index in [1.165, 1.54) is 44.1 Å². The van der Waals surface area contributed by atoms with Crippen LogP contribution in [0.5, 0.6) is 11.6 Å². The van der Waals surface area contributed by atoms with Crippen LogP contribution in [0.3, 0.4) is 0 Å². The van der Waals surface area contributed by atoms with E-state index in [0.717, 1.165) is 31.2 Å². The molecule has 1 aliphatic carbocycles. The Kier molecular flexibility index (Phi) is 6.45. The Morgan fingerprint density at radius 3 is 2.63 bits per heavy atom. The second-order valence-corrected chi connectivity index (χ2v) is 8.28. The lowest BCUT2D eigenvalue weighted by molar-refractivity contribution is -0.131. The molecule has 6 nitrogen and oxygen atoms in total. The third-order valence-electron chi connectivity index (χ3n) is 6.18. The molecular weight excluding hydrogens is 383 g/mol. The zero-order chi connectivity index (χ0) is 20.9. The van der Waals surface area contributed by atoms with Gasteiger partial charge >= 0.3 is 0 Å². The molecule has 1 aromatic carbocycles. The number of rotatable bonds is 6. The van der Waals surface area contributed by atoms with Crippen molar-refractivity contribution in [2.75, 3.05) is 31.1 Å². The van der Waals surface area contributed by atoms with Gasteiger partial charge in [-0.25, -0.2) is 14.4 Å². The number of carbonyl (C=O) groups is 1. The van der Waals surface area contributed by atoms with E-state index >= 15 is 0 Å². The number of ether oxygens (including phenoxy) is 1. The number of amides is 1. The monoisotopic (exact) mass is 412 g/mol. The van der Waals surface area contributed by atoms with Crippen molar-refractivity contribution in [2.45, 2.75) is 45.4 Å². The predicted octanol–water partition coefficient (Wildman–Crippen LogP) is 4.34. The van der Waals surface area contributed by atoms with Crippen molar-refractivity contribution in [3.63, 3.8) is 0 Å². The lowest BCUT2D eigenvalue weighted by Gasteiger charge is -2.35. The summed E-state index contributed by atoms with van der Waals surface area (Å²) in [6.07, 6.45) is 8.41. The van der Waals surface area contributed by atoms with Crippen molar-refractivity contribution in [3.8, 4) is 11.6 Å². The molecular formula is C23H29FN4O2. The quantitative estimate of drug-likeness (QED) is 0.707. The topological polar surface area (TPSA) is 58.6 Å². The fraction of sp³-hybridized carbons (Fsp3) is 0.522. The van der Waals surface area contributed by atoms with E-state index in [1.54, 1.807) is 19.1 Å². The molecule has 1 aromatic heterocycles. The van der Waals surface area contributed by atoms with Gasteiger partial charge in [-0.05, 0) is 43.0 Å². The fourth-order valence-electron chi connectivity index (χ4n) is 4.37. The van der Waals surface area contributed by atoms with Crippen molar-refractivity contribution >= 4 is 11.7 Å². The van der Waals surface area contributed by atoms with Crippen molar-refractivity contribution in [1.29, 1.82) is 0 Å². The Balaban J connectivity index is 1.31. The highest BCUT2D eigenvalue weighted by atomic mass is 19.1. The molecule has 2 aliphatic rings. The van der Waals surface area contributed by atoms with E-state index in [-0.39, 0.29) is 11.7 Å². The van der Waals surface area contributed by atoms with Crippen molar-refractivity contribution < 1.29 is 13.9 Å². The molecule has 1 aliphatic heterocycles. The van der Waals surface area contributed by atoms with Gasteiger partial charge in [0, 0.05) is 38.7 Å². The molecule has 4 rings (SSSR count). The van der Waals surface area contributed by atoms with Gasteiger partial charge < -0.3 is 14.5 Å². The van der Waals surface area contributed by atoms with Gasteiger partial charge in [0.05, 0.1) is 0 Å². The van der Waals surface area contributed by atoms with Gasteiger partial charge in [-0.3, -0.25) is 4.79 Å². The molecule has 0 unspecified atom stereocenters. The first-order chi connectivity index (χ1) is 14.6. The third kappa shape index (κ3) is 5.07. The Labute approximate surface area is 177 Å². The Morgan fingerprint density at radius 2 is 1.90 bits per heavy atom. The summed E-state index contributed by atoms with van der Waals surface area (Å²) in [6, 6.07) is 6.19. The zero-order valence-corrected chi connectivity index (χ0v) is 17.5. The molecule has 0 spiro atoms. The number of benzene rings is 1. The molecule has 160 valence electrons. The van der Waals surface area contributed by atoms with Gasteiger partial charge in [-0.1, -0.05) is 25.7 Å². The number of halogens is 1. The molecule has 0 bridgehead atoms. The first kappa shape index (κ1) is 20.6. The second kappa shape index (κ2) is 9.41. The molecule has 2 aromatic rings. The molecule has 2 heterocycles. The standard InChI is InChI=1S/C23H29FN4O2/c1-17-14-19(24)7-8-20(17)30-22-15-21(25-16-26-22)27-10-12-28(13-11-27)23(29)9-6-18-4-2-3-5-18/h7-8,14-16,18H,2-6,9-13H2,1H3. The van der Waals surface area contributed by atoms with Gasteiger partial charge in [0.2, 0.25) is 11.8 Å². The summed E-state index contributed by atoms with van der Waals surface area (Å²) in [7, 11) is 0. The minimum absolute atomic E-state index is 0.278. The van der Waals surface area contributed by atoms with E-state index in [0.29, 0.717) is 36.7 Å². The molecule has 1 saturated carbocycles. The first-order valence-electron chi connectivity index (χ1n) is 10.9. The van der Waals surface area contributed by atoms with E-state index < -0.39 is 0 Å². The van der Waals surface area contributed by atoms with Crippen LogP contribution in [-0.4, -0.2) is 47.0 Å². The maximum Gasteiger partial charge on any atom is 0.224 e. The Hall–Kier alpha value is -2.70. The highest BCUT2D eigenvalue weighted by molar-refractivity contribution is 5.76. The molecule has 2 fully saturated rings. The number of carbonyl (C=O) groups excluding carboxylic acids is 1. The molecule has 7 heteroatoms. The van der Waals surface area contributed by atoms with Crippen molar-refractivity contribution in [3.05, 3.63) is 42.0 Å². The lowest BCUT2D eigenvalue weighted by Crippen LogP contribution is -2.49. The second-order valence-electron chi connectivity index (χ2n) is 8.28. The van der Waals surface area contributed by atoms with Crippen LogP contribution in [0.1, 0.15) is 44.1 Å². The molecule has 1 amide bonds. The minimum Gasteiger partial charge on any atom is -0.439 e.